The smallest absolute Gasteiger partial charge is 0.307 e. The quantitative estimate of drug-likeness (QED) is 0.536. The zero-order chi connectivity index (χ0) is 10.9. The molecule has 0 heterocycles. The third-order valence-corrected chi connectivity index (χ3v) is 1.52. The molecule has 1 radical (unpaired) electrons. The second-order valence-electron chi connectivity index (χ2n) is 2.53. The molecule has 0 atom stereocenters. The van der Waals surface area contributed by atoms with Crippen LogP contribution in [0.15, 0.2) is 0 Å². The maximum Gasteiger partial charge on any atom is 0.307 e. The van der Waals surface area contributed by atoms with E-state index in [0.29, 0.717) is 26.4 Å². The van der Waals surface area contributed by atoms with Gasteiger partial charge >= 0.3 is 5.97 Å². The summed E-state index contributed by atoms with van der Waals surface area (Å²) in [5.74, 6) is -1.06. The Hall–Kier alpha value is -0.160. The molecule has 0 saturated heterocycles. The molecule has 0 aliphatic rings. The highest BCUT2D eigenvalue weighted by Crippen LogP contribution is 2.16. The molecule has 0 aliphatic carbocycles. The fraction of sp³-hybridized carbons (Fsp3) is 0.900. The van der Waals surface area contributed by atoms with Crippen molar-refractivity contribution in [1.29, 1.82) is 0 Å². The summed E-state index contributed by atoms with van der Waals surface area (Å²) in [5, 5.41) is 0. The first-order chi connectivity index (χ1) is 6.74. The highest BCUT2D eigenvalue weighted by atomic mass is 16.9. The van der Waals surface area contributed by atoms with Crippen molar-refractivity contribution in [3.05, 3.63) is 6.92 Å². The monoisotopic (exact) mass is 205 g/mol. The van der Waals surface area contributed by atoms with E-state index in [4.69, 9.17) is 18.9 Å². The van der Waals surface area contributed by atoms with Crippen LogP contribution < -0.4 is 0 Å². The molecule has 0 bridgehead atoms. The highest BCUT2D eigenvalue weighted by Gasteiger charge is 2.32. The van der Waals surface area contributed by atoms with Crippen LogP contribution in [0.1, 0.15) is 20.8 Å². The predicted octanol–water partition coefficient (Wildman–Crippen LogP) is 1.60. The molecule has 4 heteroatoms. The van der Waals surface area contributed by atoms with Crippen LogP contribution in [0.25, 0.3) is 0 Å². The maximum absolute atomic E-state index is 5.42. The molecule has 0 aliphatic heterocycles. The first-order valence-corrected chi connectivity index (χ1v) is 5.03. The summed E-state index contributed by atoms with van der Waals surface area (Å²) < 4.78 is 21.4. The van der Waals surface area contributed by atoms with Gasteiger partial charge in [0.15, 0.2) is 0 Å². The minimum Gasteiger partial charge on any atom is -0.373 e. The van der Waals surface area contributed by atoms with Gasteiger partial charge in [0, 0.05) is 26.4 Å². The van der Waals surface area contributed by atoms with Crippen molar-refractivity contribution >= 4 is 0 Å². The molecule has 0 spiro atoms. The average Bonchev–Trinajstić information content (AvgIpc) is 2.16. The fourth-order valence-electron chi connectivity index (χ4n) is 1.11. The first kappa shape index (κ1) is 13.8. The number of hydrogen-bond acceptors (Lipinski definition) is 4. The molecule has 0 unspecified atom stereocenters. The summed E-state index contributed by atoms with van der Waals surface area (Å²) in [4.78, 5) is 0. The van der Waals surface area contributed by atoms with Gasteiger partial charge in [0.05, 0.1) is 0 Å². The Balaban J connectivity index is 4.21. The van der Waals surface area contributed by atoms with Crippen molar-refractivity contribution in [2.45, 2.75) is 26.7 Å². The molecule has 0 N–H and O–H groups in total. The van der Waals surface area contributed by atoms with E-state index in [1.54, 1.807) is 0 Å². The van der Waals surface area contributed by atoms with Crippen molar-refractivity contribution in [1.82, 2.24) is 0 Å². The van der Waals surface area contributed by atoms with Crippen molar-refractivity contribution in [3.8, 4) is 0 Å². The van der Waals surface area contributed by atoms with Gasteiger partial charge in [-0.05, 0) is 27.7 Å². The van der Waals surface area contributed by atoms with Gasteiger partial charge in [-0.15, -0.1) is 0 Å². The van der Waals surface area contributed by atoms with Crippen LogP contribution >= 0.6 is 0 Å². The van der Waals surface area contributed by atoms with Gasteiger partial charge in [0.2, 0.25) is 0 Å². The Morgan fingerprint density at radius 2 is 1.36 bits per heavy atom. The van der Waals surface area contributed by atoms with Crippen molar-refractivity contribution < 1.29 is 18.9 Å². The van der Waals surface area contributed by atoms with Gasteiger partial charge in [-0.2, -0.15) is 0 Å². The summed E-state index contributed by atoms with van der Waals surface area (Å²) in [6.45, 7) is 11.4. The first-order valence-electron chi connectivity index (χ1n) is 5.03. The molecule has 85 valence electrons. The number of rotatable bonds is 9. The van der Waals surface area contributed by atoms with Crippen LogP contribution in [0.4, 0.5) is 0 Å². The Kier molecular flexibility index (Phi) is 8.08. The minimum atomic E-state index is -1.06. The molecule has 0 fully saturated rings. The summed E-state index contributed by atoms with van der Waals surface area (Å²) in [6, 6.07) is 0. The Bertz CT molecular complexity index is 110. The van der Waals surface area contributed by atoms with E-state index in [9.17, 15) is 0 Å². The molecular weight excluding hydrogens is 184 g/mol. The lowest BCUT2D eigenvalue weighted by Gasteiger charge is -2.31. The van der Waals surface area contributed by atoms with E-state index in [1.807, 2.05) is 20.8 Å². The van der Waals surface area contributed by atoms with E-state index in [0.717, 1.165) is 0 Å². The fourth-order valence-corrected chi connectivity index (χ4v) is 1.11. The zero-order valence-corrected chi connectivity index (χ0v) is 9.38. The van der Waals surface area contributed by atoms with Crippen LogP contribution in [0.5, 0.6) is 0 Å². The number of hydrogen-bond donors (Lipinski definition) is 0. The van der Waals surface area contributed by atoms with Gasteiger partial charge in [0.1, 0.15) is 6.61 Å². The molecule has 0 aromatic carbocycles. The zero-order valence-electron chi connectivity index (χ0n) is 9.38. The summed E-state index contributed by atoms with van der Waals surface area (Å²) in [5.41, 5.74) is 0. The second kappa shape index (κ2) is 8.17. The lowest BCUT2D eigenvalue weighted by Crippen LogP contribution is -2.44. The largest absolute Gasteiger partial charge is 0.373 e. The molecule has 14 heavy (non-hydrogen) atoms. The lowest BCUT2D eigenvalue weighted by atomic mass is 10.5. The second-order valence-corrected chi connectivity index (χ2v) is 2.53. The van der Waals surface area contributed by atoms with Crippen LogP contribution in [0.2, 0.25) is 0 Å². The third kappa shape index (κ3) is 4.91. The van der Waals surface area contributed by atoms with Crippen molar-refractivity contribution in [2.24, 2.45) is 0 Å². The average molecular weight is 205 g/mol. The molecule has 0 aromatic rings. The van der Waals surface area contributed by atoms with Crippen molar-refractivity contribution in [2.75, 3.05) is 33.0 Å². The summed E-state index contributed by atoms with van der Waals surface area (Å²) in [6.07, 6.45) is 0. The maximum atomic E-state index is 5.42. The topological polar surface area (TPSA) is 36.9 Å². The van der Waals surface area contributed by atoms with E-state index in [2.05, 4.69) is 6.92 Å². The third-order valence-electron chi connectivity index (χ3n) is 1.52. The van der Waals surface area contributed by atoms with Gasteiger partial charge in [-0.25, -0.2) is 0 Å². The number of ether oxygens (including phenoxy) is 4. The van der Waals surface area contributed by atoms with Crippen LogP contribution in [-0.4, -0.2) is 39.0 Å². The molecule has 0 saturated carbocycles. The van der Waals surface area contributed by atoms with Gasteiger partial charge < -0.3 is 18.9 Å². The Morgan fingerprint density at radius 3 is 1.64 bits per heavy atom. The Morgan fingerprint density at radius 1 is 0.929 bits per heavy atom. The molecular formula is C10H21O4. The van der Waals surface area contributed by atoms with E-state index < -0.39 is 5.97 Å². The molecule has 0 aromatic heterocycles. The summed E-state index contributed by atoms with van der Waals surface area (Å²) >= 11 is 0. The van der Waals surface area contributed by atoms with E-state index >= 15 is 0 Å². The van der Waals surface area contributed by atoms with Crippen molar-refractivity contribution in [3.63, 3.8) is 0 Å². The van der Waals surface area contributed by atoms with Gasteiger partial charge in [-0.1, -0.05) is 0 Å². The summed E-state index contributed by atoms with van der Waals surface area (Å²) in [7, 11) is 0. The van der Waals surface area contributed by atoms with E-state index in [-0.39, 0.29) is 6.61 Å². The van der Waals surface area contributed by atoms with Crippen LogP contribution in [0.3, 0.4) is 0 Å². The molecule has 4 nitrogen and oxygen atoms in total. The van der Waals surface area contributed by atoms with Crippen LogP contribution in [-0.2, 0) is 18.9 Å². The SMILES string of the molecule is [CH2]COCC(OCC)(OCC)OCC. The van der Waals surface area contributed by atoms with E-state index in [1.165, 1.54) is 0 Å². The molecule has 0 amide bonds. The minimum absolute atomic E-state index is 0.242. The van der Waals surface area contributed by atoms with Crippen LogP contribution in [0, 0.1) is 6.92 Å². The highest BCUT2D eigenvalue weighted by molar-refractivity contribution is 4.56. The lowest BCUT2D eigenvalue weighted by molar-refractivity contribution is -0.390. The predicted molar refractivity (Wildman–Crippen MR) is 53.8 cm³/mol. The van der Waals surface area contributed by atoms with Gasteiger partial charge in [-0.3, -0.25) is 0 Å². The standard InChI is InChI=1S/C10H21O4/c1-5-11-9-10(12-6-2,13-7-3)14-8-4/h1,5-9H2,2-4H3. The molecule has 0 rings (SSSR count). The van der Waals surface area contributed by atoms with Gasteiger partial charge in [0.25, 0.3) is 0 Å². The normalized spacial score (nSPS) is 12.0. The Labute approximate surface area is 86.5 Å².